The Labute approximate surface area is 156 Å². The molecule has 1 unspecified atom stereocenters. The Balaban J connectivity index is 1.43. The number of nitrogens with zero attached hydrogens (tertiary/aromatic N) is 4. The molecule has 1 aliphatic carbocycles. The molecule has 1 aliphatic heterocycles. The number of aliphatic imine (C=N–C) groups is 1. The predicted octanol–water partition coefficient (Wildman–Crippen LogP) is 1.62. The van der Waals surface area contributed by atoms with Gasteiger partial charge in [0.2, 0.25) is 5.91 Å². The van der Waals surface area contributed by atoms with E-state index in [0.29, 0.717) is 11.9 Å². The van der Waals surface area contributed by atoms with Gasteiger partial charge in [0.15, 0.2) is 5.96 Å². The second-order valence-corrected chi connectivity index (χ2v) is 7.31. The number of guanidine groups is 1. The summed E-state index contributed by atoms with van der Waals surface area (Å²) in [6.07, 6.45) is 12.2. The average molecular weight is 361 g/mol. The number of carbonyl (C=O) groups is 1. The van der Waals surface area contributed by atoms with Crippen LogP contribution in [0.2, 0.25) is 0 Å². The summed E-state index contributed by atoms with van der Waals surface area (Å²) in [5, 5.41) is 6.83. The average Bonchev–Trinajstić information content (AvgIpc) is 3.41. The minimum Gasteiger partial charge on any atom is -0.357 e. The van der Waals surface area contributed by atoms with E-state index in [9.17, 15) is 4.79 Å². The summed E-state index contributed by atoms with van der Waals surface area (Å²) in [6, 6.07) is 0.298. The molecule has 7 nitrogen and oxygen atoms in total. The van der Waals surface area contributed by atoms with Crippen LogP contribution < -0.4 is 10.6 Å². The number of aryl methyl sites for hydroxylation is 1. The van der Waals surface area contributed by atoms with Crippen LogP contribution in [0.15, 0.2) is 23.7 Å². The smallest absolute Gasteiger partial charge is 0.225 e. The van der Waals surface area contributed by atoms with Crippen molar-refractivity contribution in [3.05, 3.63) is 18.7 Å². The van der Waals surface area contributed by atoms with Crippen molar-refractivity contribution in [3.63, 3.8) is 0 Å². The van der Waals surface area contributed by atoms with E-state index in [0.717, 1.165) is 64.4 Å². The lowest BCUT2D eigenvalue weighted by Gasteiger charge is -2.21. The molecule has 0 bridgehead atoms. The van der Waals surface area contributed by atoms with E-state index >= 15 is 0 Å². The van der Waals surface area contributed by atoms with Gasteiger partial charge in [-0.1, -0.05) is 12.8 Å². The Hall–Kier alpha value is -2.05. The number of carbonyl (C=O) groups excluding carboxylic acids is 1. The maximum atomic E-state index is 12.6. The fourth-order valence-electron chi connectivity index (χ4n) is 3.89. The Morgan fingerprint density at radius 3 is 2.88 bits per heavy atom. The molecule has 0 radical (unpaired) electrons. The van der Waals surface area contributed by atoms with Gasteiger partial charge in [-0.25, -0.2) is 4.98 Å². The number of likely N-dealkylation sites (tertiary alicyclic amines) is 1. The van der Waals surface area contributed by atoms with Crippen LogP contribution in [0.1, 0.15) is 45.4 Å². The highest BCUT2D eigenvalue weighted by Gasteiger charge is 2.32. The van der Waals surface area contributed by atoms with Gasteiger partial charge in [0, 0.05) is 57.1 Å². The van der Waals surface area contributed by atoms with Crippen molar-refractivity contribution in [2.24, 2.45) is 10.9 Å². The number of nitrogens with one attached hydrogen (secondary N) is 2. The molecular weight excluding hydrogens is 328 g/mol. The zero-order valence-corrected chi connectivity index (χ0v) is 15.9. The van der Waals surface area contributed by atoms with Crippen molar-refractivity contribution in [3.8, 4) is 0 Å². The zero-order chi connectivity index (χ0) is 18.2. The van der Waals surface area contributed by atoms with E-state index in [4.69, 9.17) is 0 Å². The van der Waals surface area contributed by atoms with Crippen LogP contribution in [0, 0.1) is 5.92 Å². The fourth-order valence-corrected chi connectivity index (χ4v) is 3.89. The Morgan fingerprint density at radius 2 is 2.15 bits per heavy atom. The van der Waals surface area contributed by atoms with Crippen molar-refractivity contribution in [2.45, 2.75) is 58.0 Å². The van der Waals surface area contributed by atoms with Gasteiger partial charge in [-0.05, 0) is 32.6 Å². The number of rotatable bonds is 7. The summed E-state index contributed by atoms with van der Waals surface area (Å²) in [7, 11) is 0. The van der Waals surface area contributed by atoms with E-state index < -0.39 is 0 Å². The molecule has 1 amide bonds. The Bertz CT molecular complexity index is 579. The van der Waals surface area contributed by atoms with E-state index in [2.05, 4.69) is 37.0 Å². The molecule has 1 aromatic heterocycles. The molecule has 0 aromatic carbocycles. The number of amides is 1. The molecule has 26 heavy (non-hydrogen) atoms. The van der Waals surface area contributed by atoms with Crippen molar-refractivity contribution >= 4 is 11.9 Å². The lowest BCUT2D eigenvalue weighted by Crippen LogP contribution is -2.45. The van der Waals surface area contributed by atoms with Crippen molar-refractivity contribution < 1.29 is 4.79 Å². The summed E-state index contributed by atoms with van der Waals surface area (Å²) in [5.74, 6) is 1.51. The molecule has 2 aliphatic rings. The van der Waals surface area contributed by atoms with Gasteiger partial charge in [0.1, 0.15) is 0 Å². The number of aromatic nitrogens is 2. The van der Waals surface area contributed by atoms with Crippen LogP contribution in [0.4, 0.5) is 0 Å². The second-order valence-electron chi connectivity index (χ2n) is 7.31. The third kappa shape index (κ3) is 5.22. The minimum atomic E-state index is 0.277. The Kier molecular flexibility index (Phi) is 6.91. The first kappa shape index (κ1) is 18.7. The third-order valence-electron chi connectivity index (χ3n) is 5.29. The van der Waals surface area contributed by atoms with E-state index in [1.54, 1.807) is 6.20 Å². The van der Waals surface area contributed by atoms with E-state index in [1.807, 2.05) is 12.5 Å². The first-order valence-corrected chi connectivity index (χ1v) is 10.1. The van der Waals surface area contributed by atoms with Gasteiger partial charge < -0.3 is 20.1 Å². The van der Waals surface area contributed by atoms with Gasteiger partial charge in [-0.15, -0.1) is 0 Å². The number of hydrogen-bond donors (Lipinski definition) is 2. The number of hydrogen-bond acceptors (Lipinski definition) is 3. The molecule has 1 atom stereocenters. The van der Waals surface area contributed by atoms with Crippen molar-refractivity contribution in [1.29, 1.82) is 0 Å². The first-order valence-electron chi connectivity index (χ1n) is 10.1. The molecule has 2 N–H and O–H groups in total. The molecule has 7 heteroatoms. The van der Waals surface area contributed by atoms with Gasteiger partial charge in [-0.3, -0.25) is 9.79 Å². The van der Waals surface area contributed by atoms with Crippen LogP contribution >= 0.6 is 0 Å². The zero-order valence-electron chi connectivity index (χ0n) is 15.9. The van der Waals surface area contributed by atoms with Gasteiger partial charge >= 0.3 is 0 Å². The largest absolute Gasteiger partial charge is 0.357 e. The monoisotopic (exact) mass is 360 g/mol. The molecule has 2 heterocycles. The van der Waals surface area contributed by atoms with Crippen LogP contribution in [0.3, 0.4) is 0 Å². The molecule has 144 valence electrons. The SMILES string of the molecule is CCNC(=NCCCn1ccnc1)NC1CCN(C(=O)C2CCCC2)C1. The quantitative estimate of drug-likeness (QED) is 0.440. The summed E-state index contributed by atoms with van der Waals surface area (Å²) >= 11 is 0. The number of imidazole rings is 1. The molecule has 1 saturated carbocycles. The van der Waals surface area contributed by atoms with Crippen LogP contribution in [-0.4, -0.2) is 58.5 Å². The molecule has 3 rings (SSSR count). The van der Waals surface area contributed by atoms with E-state index in [1.165, 1.54) is 12.8 Å². The highest BCUT2D eigenvalue weighted by atomic mass is 16.2. The summed E-state index contributed by atoms with van der Waals surface area (Å²) in [6.45, 7) is 6.28. The lowest BCUT2D eigenvalue weighted by atomic mass is 10.1. The van der Waals surface area contributed by atoms with Crippen LogP contribution in [0.25, 0.3) is 0 Å². The van der Waals surface area contributed by atoms with Crippen molar-refractivity contribution in [1.82, 2.24) is 25.1 Å². The maximum absolute atomic E-state index is 12.6. The van der Waals surface area contributed by atoms with Gasteiger partial charge in [0.25, 0.3) is 0 Å². The molecular formula is C19H32N6O. The summed E-state index contributed by atoms with van der Waals surface area (Å²) in [5.41, 5.74) is 0. The highest BCUT2D eigenvalue weighted by Crippen LogP contribution is 2.27. The first-order chi connectivity index (χ1) is 12.8. The fraction of sp³-hybridized carbons (Fsp3) is 0.737. The van der Waals surface area contributed by atoms with Crippen LogP contribution in [0.5, 0.6) is 0 Å². The molecule has 2 fully saturated rings. The predicted molar refractivity (Wildman–Crippen MR) is 103 cm³/mol. The topological polar surface area (TPSA) is 74.6 Å². The van der Waals surface area contributed by atoms with Crippen molar-refractivity contribution in [2.75, 3.05) is 26.2 Å². The second kappa shape index (κ2) is 9.59. The highest BCUT2D eigenvalue weighted by molar-refractivity contribution is 5.81. The molecule has 0 spiro atoms. The minimum absolute atomic E-state index is 0.277. The van der Waals surface area contributed by atoms with Gasteiger partial charge in [-0.2, -0.15) is 0 Å². The molecule has 1 aromatic rings. The summed E-state index contributed by atoms with van der Waals surface area (Å²) in [4.78, 5) is 23.4. The van der Waals surface area contributed by atoms with Gasteiger partial charge in [0.05, 0.1) is 6.33 Å². The molecule has 1 saturated heterocycles. The van der Waals surface area contributed by atoms with E-state index in [-0.39, 0.29) is 5.92 Å². The van der Waals surface area contributed by atoms with Crippen LogP contribution in [-0.2, 0) is 11.3 Å². The summed E-state index contributed by atoms with van der Waals surface area (Å²) < 4.78 is 2.07. The Morgan fingerprint density at radius 1 is 1.31 bits per heavy atom. The normalized spacial score (nSPS) is 21.3. The lowest BCUT2D eigenvalue weighted by molar-refractivity contribution is -0.134. The standard InChI is InChI=1S/C19H32N6O/c1-2-21-19(22-9-5-11-24-13-10-20-15-24)23-17-8-12-25(14-17)18(26)16-6-3-4-7-16/h10,13,15-17H,2-9,11-12,14H2,1H3,(H2,21,22,23). The maximum Gasteiger partial charge on any atom is 0.225 e. The third-order valence-corrected chi connectivity index (χ3v) is 5.29.